The van der Waals surface area contributed by atoms with E-state index < -0.39 is 16.1 Å². The number of nitrogens with one attached hydrogen (secondary N) is 1. The molecule has 0 unspecified atom stereocenters. The van der Waals surface area contributed by atoms with Gasteiger partial charge < -0.3 is 14.8 Å². The quantitative estimate of drug-likeness (QED) is 0.633. The van der Waals surface area contributed by atoms with Crippen LogP contribution in [0.2, 0.25) is 0 Å². The van der Waals surface area contributed by atoms with Crippen molar-refractivity contribution in [3.8, 4) is 5.75 Å². The van der Waals surface area contributed by atoms with Crippen molar-refractivity contribution in [1.82, 2.24) is 5.32 Å². The molecule has 0 aliphatic rings. The Kier molecular flexibility index (Phi) is 8.18. The van der Waals surface area contributed by atoms with Crippen molar-refractivity contribution < 1.29 is 22.7 Å². The Morgan fingerprint density at radius 3 is 2.28 bits per heavy atom. The third-order valence-corrected chi connectivity index (χ3v) is 4.73. The maximum atomic E-state index is 12.3. The first-order chi connectivity index (χ1) is 11.7. The zero-order valence-corrected chi connectivity index (χ0v) is 16.3. The Hall–Kier alpha value is -1.80. The van der Waals surface area contributed by atoms with Gasteiger partial charge in [0.15, 0.2) is 0 Å². The molecule has 1 N–H and O–H groups in total. The van der Waals surface area contributed by atoms with Crippen LogP contribution in [0.3, 0.4) is 0 Å². The van der Waals surface area contributed by atoms with Crippen LogP contribution in [0.1, 0.15) is 27.2 Å². The van der Waals surface area contributed by atoms with Crippen LogP contribution in [0.15, 0.2) is 24.3 Å². The minimum atomic E-state index is -3.62. The molecule has 0 aliphatic carbocycles. The second-order valence-electron chi connectivity index (χ2n) is 6.00. The number of benzene rings is 1. The summed E-state index contributed by atoms with van der Waals surface area (Å²) >= 11 is 0. The summed E-state index contributed by atoms with van der Waals surface area (Å²) in [6, 6.07) is 5.66. The second-order valence-corrected chi connectivity index (χ2v) is 7.86. The number of rotatable bonds is 10. The smallest absolute Gasteiger partial charge is 0.243 e. The summed E-state index contributed by atoms with van der Waals surface area (Å²) in [5.41, 5.74) is 0.411. The van der Waals surface area contributed by atoms with E-state index in [9.17, 15) is 13.2 Å². The maximum absolute atomic E-state index is 12.3. The Balaban J connectivity index is 2.76. The molecule has 0 saturated heterocycles. The van der Waals surface area contributed by atoms with Crippen LogP contribution in [0.5, 0.6) is 5.75 Å². The van der Waals surface area contributed by atoms with E-state index in [4.69, 9.17) is 9.47 Å². The summed E-state index contributed by atoms with van der Waals surface area (Å²) in [7, 11) is -2.09. The lowest BCUT2D eigenvalue weighted by Gasteiger charge is -2.28. The summed E-state index contributed by atoms with van der Waals surface area (Å²) < 4.78 is 35.9. The topological polar surface area (TPSA) is 84.9 Å². The SMILES string of the molecule is COc1ccc(N([C@@H](C)C(=O)NCCCOC(C)C)S(C)(=O)=O)cc1. The normalized spacial score (nSPS) is 12.7. The van der Waals surface area contributed by atoms with Crippen LogP contribution in [0.25, 0.3) is 0 Å². The molecule has 0 heterocycles. The third kappa shape index (κ3) is 6.91. The Morgan fingerprint density at radius 1 is 1.20 bits per heavy atom. The molecule has 0 radical (unpaired) electrons. The molecule has 1 aromatic carbocycles. The zero-order chi connectivity index (χ0) is 19.0. The first kappa shape index (κ1) is 21.2. The number of anilines is 1. The molecule has 7 nitrogen and oxygen atoms in total. The molecule has 0 aromatic heterocycles. The van der Waals surface area contributed by atoms with Crippen molar-refractivity contribution in [3.63, 3.8) is 0 Å². The molecular formula is C17H28N2O5S. The number of amides is 1. The van der Waals surface area contributed by atoms with Gasteiger partial charge in [0.25, 0.3) is 0 Å². The molecule has 1 aromatic rings. The third-order valence-electron chi connectivity index (χ3n) is 3.49. The molecule has 1 amide bonds. The molecular weight excluding hydrogens is 344 g/mol. The first-order valence-electron chi connectivity index (χ1n) is 8.19. The van der Waals surface area contributed by atoms with Gasteiger partial charge in [0.2, 0.25) is 15.9 Å². The van der Waals surface area contributed by atoms with Crippen molar-refractivity contribution in [3.05, 3.63) is 24.3 Å². The molecule has 1 atom stereocenters. The molecule has 0 aliphatic heterocycles. The van der Waals surface area contributed by atoms with Crippen molar-refractivity contribution >= 4 is 21.6 Å². The molecule has 142 valence electrons. The van der Waals surface area contributed by atoms with Gasteiger partial charge in [-0.25, -0.2) is 8.42 Å². The number of carbonyl (C=O) groups excluding carboxylic acids is 1. The van der Waals surface area contributed by atoms with E-state index in [1.807, 2.05) is 13.8 Å². The van der Waals surface area contributed by atoms with Crippen LogP contribution in [-0.2, 0) is 19.6 Å². The predicted molar refractivity (Wildman–Crippen MR) is 98.5 cm³/mol. The highest BCUT2D eigenvalue weighted by atomic mass is 32.2. The Labute approximate surface area is 150 Å². The minimum absolute atomic E-state index is 0.144. The number of hydrogen-bond acceptors (Lipinski definition) is 5. The average Bonchev–Trinajstić information content (AvgIpc) is 2.53. The van der Waals surface area contributed by atoms with Crippen LogP contribution >= 0.6 is 0 Å². The monoisotopic (exact) mass is 372 g/mol. The lowest BCUT2D eigenvalue weighted by Crippen LogP contribution is -2.48. The van der Waals surface area contributed by atoms with E-state index in [-0.39, 0.29) is 12.0 Å². The molecule has 25 heavy (non-hydrogen) atoms. The van der Waals surface area contributed by atoms with E-state index in [1.54, 1.807) is 31.2 Å². The number of hydrogen-bond donors (Lipinski definition) is 1. The molecule has 0 spiro atoms. The van der Waals surface area contributed by atoms with E-state index in [1.165, 1.54) is 7.11 Å². The highest BCUT2D eigenvalue weighted by Crippen LogP contribution is 2.23. The summed E-state index contributed by atoms with van der Waals surface area (Å²) in [4.78, 5) is 12.3. The van der Waals surface area contributed by atoms with Gasteiger partial charge in [-0.3, -0.25) is 9.10 Å². The number of nitrogens with zero attached hydrogens (tertiary/aromatic N) is 1. The summed E-state index contributed by atoms with van der Waals surface area (Å²) in [6.45, 7) is 6.42. The lowest BCUT2D eigenvalue weighted by atomic mass is 10.2. The van der Waals surface area contributed by atoms with Gasteiger partial charge in [0, 0.05) is 13.2 Å². The highest BCUT2D eigenvalue weighted by molar-refractivity contribution is 7.92. The molecule has 1 rings (SSSR count). The fourth-order valence-electron chi connectivity index (χ4n) is 2.29. The molecule has 0 fully saturated rings. The fraction of sp³-hybridized carbons (Fsp3) is 0.588. The zero-order valence-electron chi connectivity index (χ0n) is 15.5. The van der Waals surface area contributed by atoms with Crippen molar-refractivity contribution in [2.24, 2.45) is 0 Å². The largest absolute Gasteiger partial charge is 0.497 e. The van der Waals surface area contributed by atoms with Crippen LogP contribution in [0.4, 0.5) is 5.69 Å². The lowest BCUT2D eigenvalue weighted by molar-refractivity contribution is -0.121. The van der Waals surface area contributed by atoms with E-state index in [0.29, 0.717) is 31.0 Å². The average molecular weight is 372 g/mol. The van der Waals surface area contributed by atoms with E-state index in [0.717, 1.165) is 10.6 Å². The van der Waals surface area contributed by atoms with Crippen LogP contribution in [-0.4, -0.2) is 53.0 Å². The number of ether oxygens (including phenoxy) is 2. The van der Waals surface area contributed by atoms with Gasteiger partial charge >= 0.3 is 0 Å². The number of sulfonamides is 1. The van der Waals surface area contributed by atoms with Crippen molar-refractivity contribution in [2.75, 3.05) is 30.8 Å². The van der Waals surface area contributed by atoms with Crippen molar-refractivity contribution in [1.29, 1.82) is 0 Å². The fourth-order valence-corrected chi connectivity index (χ4v) is 3.46. The molecule has 0 saturated carbocycles. The summed E-state index contributed by atoms with van der Waals surface area (Å²) in [5.74, 6) is 0.255. The maximum Gasteiger partial charge on any atom is 0.243 e. The highest BCUT2D eigenvalue weighted by Gasteiger charge is 2.28. The Bertz CT molecular complexity index is 644. The van der Waals surface area contributed by atoms with Gasteiger partial charge in [-0.1, -0.05) is 0 Å². The van der Waals surface area contributed by atoms with Crippen LogP contribution in [0, 0.1) is 0 Å². The predicted octanol–water partition coefficient (Wildman–Crippen LogP) is 1.78. The molecule has 0 bridgehead atoms. The van der Waals surface area contributed by atoms with Gasteiger partial charge in [-0.2, -0.15) is 0 Å². The van der Waals surface area contributed by atoms with Gasteiger partial charge in [-0.15, -0.1) is 0 Å². The number of carbonyl (C=O) groups is 1. The van der Waals surface area contributed by atoms with Crippen LogP contribution < -0.4 is 14.4 Å². The second kappa shape index (κ2) is 9.62. The van der Waals surface area contributed by atoms with Crippen molar-refractivity contribution in [2.45, 2.75) is 39.3 Å². The summed E-state index contributed by atoms with van der Waals surface area (Å²) in [5, 5.41) is 2.75. The van der Waals surface area contributed by atoms with Gasteiger partial charge in [0.05, 0.1) is 25.2 Å². The van der Waals surface area contributed by atoms with E-state index in [2.05, 4.69) is 5.32 Å². The standard InChI is InChI=1S/C17H28N2O5S/c1-13(2)24-12-6-11-18-17(20)14(3)19(25(5,21)22)15-7-9-16(23-4)10-8-15/h7-10,13-14H,6,11-12H2,1-5H3,(H,18,20)/t14-/m0/s1. The molecule has 8 heteroatoms. The first-order valence-corrected chi connectivity index (χ1v) is 10.0. The summed E-state index contributed by atoms with van der Waals surface area (Å²) in [6.07, 6.45) is 1.89. The minimum Gasteiger partial charge on any atom is -0.497 e. The number of methoxy groups -OCH3 is 1. The van der Waals surface area contributed by atoms with E-state index >= 15 is 0 Å². The van der Waals surface area contributed by atoms with Gasteiger partial charge in [0.1, 0.15) is 11.8 Å². The Morgan fingerprint density at radius 2 is 1.80 bits per heavy atom. The van der Waals surface area contributed by atoms with Gasteiger partial charge in [-0.05, 0) is 51.5 Å².